The minimum atomic E-state index is -2.40. The van der Waals surface area contributed by atoms with Crippen molar-refractivity contribution in [1.82, 2.24) is 4.90 Å². The summed E-state index contributed by atoms with van der Waals surface area (Å²) in [6.07, 6.45) is -0.849. The van der Waals surface area contributed by atoms with Crippen LogP contribution in [-0.2, 0) is 9.47 Å². The molecule has 0 aromatic rings. The van der Waals surface area contributed by atoms with Crippen LogP contribution in [0.25, 0.3) is 0 Å². The Kier molecular flexibility index (Phi) is 1.81. The highest BCUT2D eigenvalue weighted by molar-refractivity contribution is 5.69. The summed E-state index contributed by atoms with van der Waals surface area (Å²) in [6.45, 7) is 5.88. The SMILES string of the molecule is [2H]C([2H])([2H])OC1CN(C(=O)OC(C)(C)C)C1. The Morgan fingerprint density at radius 1 is 1.54 bits per heavy atom. The normalized spacial score (nSPS) is 22.7. The molecule has 1 aliphatic heterocycles. The lowest BCUT2D eigenvalue weighted by molar-refractivity contribution is -0.0465. The molecule has 0 N–H and O–H groups in total. The van der Waals surface area contributed by atoms with Crippen molar-refractivity contribution in [3.8, 4) is 0 Å². The van der Waals surface area contributed by atoms with Crippen molar-refractivity contribution in [2.75, 3.05) is 20.1 Å². The van der Waals surface area contributed by atoms with Gasteiger partial charge in [0.1, 0.15) is 5.60 Å². The van der Waals surface area contributed by atoms with E-state index in [1.807, 2.05) is 0 Å². The van der Waals surface area contributed by atoms with Gasteiger partial charge in [0, 0.05) is 7.04 Å². The van der Waals surface area contributed by atoms with Crippen molar-refractivity contribution in [1.29, 1.82) is 0 Å². The topological polar surface area (TPSA) is 38.8 Å². The van der Waals surface area contributed by atoms with E-state index in [9.17, 15) is 4.79 Å². The molecule has 0 aliphatic carbocycles. The molecule has 0 spiro atoms. The largest absolute Gasteiger partial charge is 0.444 e. The third-order valence-electron chi connectivity index (χ3n) is 1.67. The van der Waals surface area contributed by atoms with Gasteiger partial charge in [0.2, 0.25) is 0 Å². The Balaban J connectivity index is 2.28. The predicted molar refractivity (Wildman–Crippen MR) is 48.6 cm³/mol. The Morgan fingerprint density at radius 3 is 2.62 bits per heavy atom. The number of hydrogen-bond donors (Lipinski definition) is 0. The van der Waals surface area contributed by atoms with Gasteiger partial charge >= 0.3 is 6.09 Å². The fraction of sp³-hybridized carbons (Fsp3) is 0.889. The Bertz CT molecular complexity index is 266. The summed E-state index contributed by atoms with van der Waals surface area (Å²) in [7, 11) is -2.40. The maximum atomic E-state index is 11.5. The van der Waals surface area contributed by atoms with Crippen molar-refractivity contribution in [3.63, 3.8) is 0 Å². The van der Waals surface area contributed by atoms with Crippen LogP contribution < -0.4 is 0 Å². The highest BCUT2D eigenvalue weighted by Gasteiger charge is 2.33. The van der Waals surface area contributed by atoms with Gasteiger partial charge in [0.05, 0.1) is 23.3 Å². The van der Waals surface area contributed by atoms with Gasteiger partial charge in [-0.15, -0.1) is 0 Å². The summed E-state index contributed by atoms with van der Waals surface area (Å²) in [4.78, 5) is 12.9. The van der Waals surface area contributed by atoms with Gasteiger partial charge in [0.15, 0.2) is 0 Å². The molecule has 1 saturated heterocycles. The van der Waals surface area contributed by atoms with Crippen molar-refractivity contribution < 1.29 is 18.4 Å². The number of methoxy groups -OCH3 is 1. The minimum absolute atomic E-state index is 0.271. The average Bonchev–Trinajstić information content (AvgIpc) is 1.89. The molecule has 0 saturated carbocycles. The molecule has 0 aromatic heterocycles. The molecule has 0 aromatic carbocycles. The molecule has 1 fully saturated rings. The average molecular weight is 190 g/mol. The van der Waals surface area contributed by atoms with Crippen LogP contribution in [0.5, 0.6) is 0 Å². The monoisotopic (exact) mass is 190 g/mol. The number of amides is 1. The van der Waals surface area contributed by atoms with Crippen LogP contribution >= 0.6 is 0 Å². The summed E-state index contributed by atoms with van der Waals surface area (Å²) >= 11 is 0. The zero-order chi connectivity index (χ0) is 12.6. The van der Waals surface area contributed by atoms with Gasteiger partial charge in [-0.3, -0.25) is 0 Å². The first kappa shape index (κ1) is 6.65. The summed E-state index contributed by atoms with van der Waals surface area (Å²) in [5.41, 5.74) is -0.535. The lowest BCUT2D eigenvalue weighted by Gasteiger charge is -2.38. The fourth-order valence-corrected chi connectivity index (χ4v) is 0.988. The van der Waals surface area contributed by atoms with Crippen LogP contribution in [-0.4, -0.2) is 42.8 Å². The van der Waals surface area contributed by atoms with Crippen molar-refractivity contribution in [3.05, 3.63) is 0 Å². The van der Waals surface area contributed by atoms with Gasteiger partial charge < -0.3 is 14.4 Å². The standard InChI is InChI=1S/C9H17NO3/c1-9(2,3)13-8(11)10-5-7(6-10)12-4/h7H,5-6H2,1-4H3/i4D3. The second-order valence-electron chi connectivity index (χ2n) is 4.13. The van der Waals surface area contributed by atoms with Gasteiger partial charge in [-0.1, -0.05) is 0 Å². The van der Waals surface area contributed by atoms with E-state index < -0.39 is 24.8 Å². The second-order valence-corrected chi connectivity index (χ2v) is 4.13. The van der Waals surface area contributed by atoms with Crippen LogP contribution in [0.1, 0.15) is 24.9 Å². The Hall–Kier alpha value is -0.770. The number of hydrogen-bond acceptors (Lipinski definition) is 3. The molecule has 1 heterocycles. The predicted octanol–water partition coefficient (Wildman–Crippen LogP) is 1.25. The summed E-state index contributed by atoms with van der Waals surface area (Å²) < 4.78 is 30.5. The highest BCUT2D eigenvalue weighted by atomic mass is 16.6. The highest BCUT2D eigenvalue weighted by Crippen LogP contribution is 2.16. The molecule has 4 heteroatoms. The van der Waals surface area contributed by atoms with Gasteiger partial charge in [-0.2, -0.15) is 0 Å². The molecule has 1 amide bonds. The van der Waals surface area contributed by atoms with Crippen LogP contribution in [0.15, 0.2) is 0 Å². The maximum absolute atomic E-state index is 11.5. The van der Waals surface area contributed by atoms with Crippen molar-refractivity contribution in [2.24, 2.45) is 0 Å². The fourth-order valence-electron chi connectivity index (χ4n) is 0.988. The molecule has 76 valence electrons. The van der Waals surface area contributed by atoms with Gasteiger partial charge in [0.25, 0.3) is 0 Å². The van der Waals surface area contributed by atoms with E-state index in [0.29, 0.717) is 0 Å². The first-order valence-corrected chi connectivity index (χ1v) is 4.22. The van der Waals surface area contributed by atoms with E-state index in [2.05, 4.69) is 0 Å². The molecule has 0 bridgehead atoms. The molecular weight excluding hydrogens is 170 g/mol. The van der Waals surface area contributed by atoms with E-state index in [4.69, 9.17) is 13.6 Å². The van der Waals surface area contributed by atoms with Gasteiger partial charge in [-0.05, 0) is 20.8 Å². The lowest BCUT2D eigenvalue weighted by Crippen LogP contribution is -2.55. The summed E-state index contributed by atoms with van der Waals surface area (Å²) in [5, 5.41) is 0. The Labute approximate surface area is 83.0 Å². The molecule has 4 nitrogen and oxygen atoms in total. The Morgan fingerprint density at radius 2 is 2.15 bits per heavy atom. The van der Waals surface area contributed by atoms with E-state index in [1.165, 1.54) is 4.90 Å². The zero-order valence-corrected chi connectivity index (χ0v) is 8.16. The number of ether oxygens (including phenoxy) is 2. The number of carbonyl (C=O) groups is 1. The van der Waals surface area contributed by atoms with Crippen LogP contribution in [0.3, 0.4) is 0 Å². The maximum Gasteiger partial charge on any atom is 0.410 e. The number of nitrogens with zero attached hydrogens (tertiary/aromatic N) is 1. The molecule has 1 rings (SSSR count). The van der Waals surface area contributed by atoms with Crippen molar-refractivity contribution in [2.45, 2.75) is 32.5 Å². The van der Waals surface area contributed by atoms with Gasteiger partial charge in [-0.25, -0.2) is 4.79 Å². The molecule has 0 radical (unpaired) electrons. The third-order valence-corrected chi connectivity index (χ3v) is 1.67. The van der Waals surface area contributed by atoms with E-state index >= 15 is 0 Å². The second kappa shape index (κ2) is 3.54. The molecular formula is C9H17NO3. The molecule has 1 aliphatic rings. The number of likely N-dealkylation sites (tertiary alicyclic amines) is 1. The van der Waals surface area contributed by atoms with Crippen LogP contribution in [0.4, 0.5) is 4.79 Å². The van der Waals surface area contributed by atoms with E-state index in [-0.39, 0.29) is 13.1 Å². The summed E-state index contributed by atoms with van der Waals surface area (Å²) in [5.74, 6) is 0. The van der Waals surface area contributed by atoms with E-state index in [0.717, 1.165) is 0 Å². The van der Waals surface area contributed by atoms with E-state index in [1.54, 1.807) is 20.8 Å². The zero-order valence-electron chi connectivity index (χ0n) is 11.2. The molecule has 0 unspecified atom stereocenters. The quantitative estimate of drug-likeness (QED) is 0.624. The van der Waals surface area contributed by atoms with Crippen molar-refractivity contribution >= 4 is 6.09 Å². The van der Waals surface area contributed by atoms with Crippen LogP contribution in [0.2, 0.25) is 0 Å². The summed E-state index contributed by atoms with van der Waals surface area (Å²) in [6, 6.07) is 0. The third kappa shape index (κ3) is 2.88. The number of rotatable bonds is 1. The first-order valence-electron chi connectivity index (χ1n) is 5.72. The minimum Gasteiger partial charge on any atom is -0.444 e. The van der Waals surface area contributed by atoms with Crippen LogP contribution in [0, 0.1) is 0 Å². The molecule has 13 heavy (non-hydrogen) atoms. The smallest absolute Gasteiger partial charge is 0.410 e. The lowest BCUT2D eigenvalue weighted by atomic mass is 10.2. The molecule has 0 atom stereocenters. The number of carbonyl (C=O) groups excluding carboxylic acids is 1. The first-order chi connectivity index (χ1) is 7.07.